The molecule has 0 heterocycles. The third-order valence-electron chi connectivity index (χ3n) is 5.07. The standard InChI is InChI=1S/C19H30FN3O2S/c1-15-8-10-16(11-9-15)14-23(3)19(21-2)22-12-13-26(24,25)18-7-5-4-6-17(18)20/h4-7,15-16H,8-14H2,1-3H3,(H,21,22). The second kappa shape index (κ2) is 9.35. The highest BCUT2D eigenvalue weighted by molar-refractivity contribution is 7.91. The molecule has 5 nitrogen and oxygen atoms in total. The molecular formula is C19H30FN3O2S. The van der Waals surface area contributed by atoms with Crippen molar-refractivity contribution < 1.29 is 12.8 Å². The van der Waals surface area contributed by atoms with E-state index in [-0.39, 0.29) is 17.2 Å². The van der Waals surface area contributed by atoms with Crippen LogP contribution in [-0.4, -0.2) is 52.2 Å². The van der Waals surface area contributed by atoms with E-state index >= 15 is 0 Å². The molecule has 0 spiro atoms. The first-order valence-electron chi connectivity index (χ1n) is 9.22. The lowest BCUT2D eigenvalue weighted by Crippen LogP contribution is -2.43. The second-order valence-corrected chi connectivity index (χ2v) is 9.31. The highest BCUT2D eigenvalue weighted by atomic mass is 32.2. The third-order valence-corrected chi connectivity index (χ3v) is 6.81. The van der Waals surface area contributed by atoms with Gasteiger partial charge in [0.05, 0.1) is 5.75 Å². The predicted octanol–water partition coefficient (Wildman–Crippen LogP) is 2.93. The van der Waals surface area contributed by atoms with Gasteiger partial charge < -0.3 is 10.2 Å². The number of benzene rings is 1. The van der Waals surface area contributed by atoms with Crippen molar-refractivity contribution in [1.29, 1.82) is 0 Å². The number of hydrogen-bond acceptors (Lipinski definition) is 3. The molecule has 1 aromatic carbocycles. The molecule has 0 atom stereocenters. The van der Waals surface area contributed by atoms with Gasteiger partial charge in [0.2, 0.25) is 0 Å². The van der Waals surface area contributed by atoms with Gasteiger partial charge in [-0.1, -0.05) is 31.9 Å². The fourth-order valence-corrected chi connectivity index (χ4v) is 4.72. The summed E-state index contributed by atoms with van der Waals surface area (Å²) >= 11 is 0. The van der Waals surface area contributed by atoms with Crippen LogP contribution in [-0.2, 0) is 9.84 Å². The van der Waals surface area contributed by atoms with Crippen molar-refractivity contribution in [1.82, 2.24) is 10.2 Å². The summed E-state index contributed by atoms with van der Waals surface area (Å²) in [5.41, 5.74) is 0. The molecule has 0 bridgehead atoms. The van der Waals surface area contributed by atoms with Crippen molar-refractivity contribution >= 4 is 15.8 Å². The van der Waals surface area contributed by atoms with E-state index in [1.807, 2.05) is 7.05 Å². The smallest absolute Gasteiger partial charge is 0.193 e. The van der Waals surface area contributed by atoms with Gasteiger partial charge >= 0.3 is 0 Å². The lowest BCUT2D eigenvalue weighted by molar-refractivity contribution is 0.250. The second-order valence-electron chi connectivity index (χ2n) is 7.23. The number of sulfone groups is 1. The molecular weight excluding hydrogens is 353 g/mol. The van der Waals surface area contributed by atoms with E-state index in [9.17, 15) is 12.8 Å². The molecule has 146 valence electrons. The van der Waals surface area contributed by atoms with Crippen molar-refractivity contribution in [3.8, 4) is 0 Å². The average molecular weight is 384 g/mol. The minimum Gasteiger partial charge on any atom is -0.355 e. The number of hydrogen-bond donors (Lipinski definition) is 1. The van der Waals surface area contributed by atoms with Crippen LogP contribution in [0.5, 0.6) is 0 Å². The van der Waals surface area contributed by atoms with Crippen LogP contribution >= 0.6 is 0 Å². The van der Waals surface area contributed by atoms with Crippen LogP contribution in [0.2, 0.25) is 0 Å². The predicted molar refractivity (Wildman–Crippen MR) is 104 cm³/mol. The Morgan fingerprint density at radius 2 is 1.92 bits per heavy atom. The molecule has 1 aliphatic rings. The number of rotatable bonds is 6. The van der Waals surface area contributed by atoms with Gasteiger partial charge in [0.15, 0.2) is 15.8 Å². The lowest BCUT2D eigenvalue weighted by Gasteiger charge is -2.31. The molecule has 0 aromatic heterocycles. The van der Waals surface area contributed by atoms with Gasteiger partial charge in [-0.3, -0.25) is 4.99 Å². The Balaban J connectivity index is 1.85. The largest absolute Gasteiger partial charge is 0.355 e. The van der Waals surface area contributed by atoms with Crippen molar-refractivity contribution in [2.45, 2.75) is 37.5 Å². The van der Waals surface area contributed by atoms with Crippen LogP contribution in [0.15, 0.2) is 34.2 Å². The van der Waals surface area contributed by atoms with E-state index in [0.29, 0.717) is 11.9 Å². The van der Waals surface area contributed by atoms with Gasteiger partial charge in [0.1, 0.15) is 10.7 Å². The van der Waals surface area contributed by atoms with E-state index in [1.165, 1.54) is 43.9 Å². The van der Waals surface area contributed by atoms with Gasteiger partial charge in [-0.25, -0.2) is 12.8 Å². The SMILES string of the molecule is CN=C(NCCS(=O)(=O)c1ccccc1F)N(C)CC1CCC(C)CC1. The highest BCUT2D eigenvalue weighted by Gasteiger charge is 2.22. The molecule has 0 radical (unpaired) electrons. The lowest BCUT2D eigenvalue weighted by atomic mass is 9.83. The number of aliphatic imine (C=N–C) groups is 1. The number of guanidine groups is 1. The normalized spacial score (nSPS) is 21.5. The monoisotopic (exact) mass is 383 g/mol. The van der Waals surface area contributed by atoms with Crippen LogP contribution in [0, 0.1) is 17.7 Å². The molecule has 0 saturated heterocycles. The molecule has 1 aromatic rings. The third kappa shape index (κ3) is 5.69. The Morgan fingerprint density at radius 1 is 1.27 bits per heavy atom. The maximum atomic E-state index is 13.7. The van der Waals surface area contributed by atoms with Gasteiger partial charge in [0, 0.05) is 27.2 Å². The van der Waals surface area contributed by atoms with E-state index in [0.717, 1.165) is 18.5 Å². The first-order chi connectivity index (χ1) is 12.3. The summed E-state index contributed by atoms with van der Waals surface area (Å²) in [6, 6.07) is 5.48. The fourth-order valence-electron chi connectivity index (χ4n) is 3.47. The zero-order valence-corrected chi connectivity index (χ0v) is 16.7. The van der Waals surface area contributed by atoms with Gasteiger partial charge in [-0.2, -0.15) is 0 Å². The summed E-state index contributed by atoms with van der Waals surface area (Å²) in [6.45, 7) is 3.40. The molecule has 1 saturated carbocycles. The Labute approximate surface area is 156 Å². The van der Waals surface area contributed by atoms with Crippen molar-refractivity contribution in [3.05, 3.63) is 30.1 Å². The van der Waals surface area contributed by atoms with Crippen LogP contribution < -0.4 is 5.32 Å². The number of nitrogens with zero attached hydrogens (tertiary/aromatic N) is 2. The topological polar surface area (TPSA) is 61.8 Å². The molecule has 1 N–H and O–H groups in total. The van der Waals surface area contributed by atoms with Crippen LogP contribution in [0.4, 0.5) is 4.39 Å². The first-order valence-corrected chi connectivity index (χ1v) is 10.9. The molecule has 7 heteroatoms. The van der Waals surface area contributed by atoms with Crippen LogP contribution in [0.25, 0.3) is 0 Å². The molecule has 0 aliphatic heterocycles. The Morgan fingerprint density at radius 3 is 2.54 bits per heavy atom. The van der Waals surface area contributed by atoms with Crippen LogP contribution in [0.3, 0.4) is 0 Å². The molecule has 0 unspecified atom stereocenters. The highest BCUT2D eigenvalue weighted by Crippen LogP contribution is 2.28. The molecule has 1 fully saturated rings. The maximum absolute atomic E-state index is 13.7. The number of halogens is 1. The maximum Gasteiger partial charge on any atom is 0.193 e. The Bertz CT molecular complexity index is 713. The zero-order chi connectivity index (χ0) is 19.2. The minimum absolute atomic E-state index is 0.179. The minimum atomic E-state index is -3.66. The summed E-state index contributed by atoms with van der Waals surface area (Å²) in [4.78, 5) is 6.04. The summed E-state index contributed by atoms with van der Waals surface area (Å²) in [5, 5.41) is 3.09. The van der Waals surface area contributed by atoms with E-state index in [2.05, 4.69) is 22.1 Å². The van der Waals surface area contributed by atoms with Crippen molar-refractivity contribution in [2.24, 2.45) is 16.8 Å². The first kappa shape index (κ1) is 20.7. The molecule has 26 heavy (non-hydrogen) atoms. The summed E-state index contributed by atoms with van der Waals surface area (Å²) < 4.78 is 38.3. The van der Waals surface area contributed by atoms with Gasteiger partial charge in [-0.05, 0) is 36.8 Å². The summed E-state index contributed by atoms with van der Waals surface area (Å²) in [6.07, 6.45) is 4.99. The average Bonchev–Trinajstić information content (AvgIpc) is 2.61. The van der Waals surface area contributed by atoms with E-state index < -0.39 is 15.7 Å². The van der Waals surface area contributed by atoms with E-state index in [1.54, 1.807) is 7.05 Å². The van der Waals surface area contributed by atoms with E-state index in [4.69, 9.17) is 0 Å². The Kier molecular flexibility index (Phi) is 7.43. The quantitative estimate of drug-likeness (QED) is 0.606. The zero-order valence-electron chi connectivity index (χ0n) is 15.9. The summed E-state index contributed by atoms with van der Waals surface area (Å²) in [5.74, 6) is 1.25. The summed E-state index contributed by atoms with van der Waals surface area (Å²) in [7, 11) is -0.00630. The fraction of sp³-hybridized carbons (Fsp3) is 0.632. The molecule has 2 rings (SSSR count). The van der Waals surface area contributed by atoms with Crippen molar-refractivity contribution in [3.63, 3.8) is 0 Å². The Hall–Kier alpha value is -1.63. The van der Waals surface area contributed by atoms with Crippen molar-refractivity contribution in [2.75, 3.05) is 32.9 Å². The van der Waals surface area contributed by atoms with Gasteiger partial charge in [0.25, 0.3) is 0 Å². The molecule has 1 aliphatic carbocycles. The van der Waals surface area contributed by atoms with Gasteiger partial charge in [-0.15, -0.1) is 0 Å². The number of nitrogens with one attached hydrogen (secondary N) is 1. The molecule has 0 amide bonds. The van der Waals surface area contributed by atoms with Crippen LogP contribution in [0.1, 0.15) is 32.6 Å².